The van der Waals surface area contributed by atoms with Gasteiger partial charge in [-0.2, -0.15) is 0 Å². The van der Waals surface area contributed by atoms with E-state index in [1.165, 1.54) is 5.56 Å². The second-order valence-corrected chi connectivity index (χ2v) is 7.20. The Morgan fingerprint density at radius 3 is 2.75 bits per heavy atom. The number of hydrogen-bond donors (Lipinski definition) is 1. The maximum Gasteiger partial charge on any atom is 0.317 e. The van der Waals surface area contributed by atoms with Gasteiger partial charge in [0, 0.05) is 58.8 Å². The molecule has 1 unspecified atom stereocenters. The summed E-state index contributed by atoms with van der Waals surface area (Å²) in [5, 5.41) is 3.13. The third kappa shape index (κ3) is 4.24. The van der Waals surface area contributed by atoms with E-state index in [0.29, 0.717) is 0 Å². The van der Waals surface area contributed by atoms with Crippen LogP contribution in [0.5, 0.6) is 0 Å². The minimum Gasteiger partial charge on any atom is -0.375 e. The Bertz CT molecular complexity index is 541. The lowest BCUT2D eigenvalue weighted by Gasteiger charge is -2.46. The van der Waals surface area contributed by atoms with Crippen molar-refractivity contribution in [2.75, 3.05) is 33.8 Å². The number of amides is 2. The van der Waals surface area contributed by atoms with Gasteiger partial charge >= 0.3 is 6.03 Å². The molecule has 6 nitrogen and oxygen atoms in total. The molecule has 2 saturated heterocycles. The molecule has 24 heavy (non-hydrogen) atoms. The molecule has 6 heteroatoms. The minimum atomic E-state index is -0.0583. The van der Waals surface area contributed by atoms with E-state index in [1.54, 1.807) is 19.0 Å². The first kappa shape index (κ1) is 17.2. The van der Waals surface area contributed by atoms with Gasteiger partial charge in [0.15, 0.2) is 0 Å². The van der Waals surface area contributed by atoms with Crippen LogP contribution in [-0.2, 0) is 11.3 Å². The Morgan fingerprint density at radius 2 is 2.08 bits per heavy atom. The van der Waals surface area contributed by atoms with Gasteiger partial charge in [0.1, 0.15) is 0 Å². The van der Waals surface area contributed by atoms with Gasteiger partial charge < -0.3 is 15.0 Å². The van der Waals surface area contributed by atoms with E-state index < -0.39 is 0 Å². The molecule has 2 aliphatic heterocycles. The van der Waals surface area contributed by atoms with Crippen LogP contribution in [0.25, 0.3) is 0 Å². The van der Waals surface area contributed by atoms with Gasteiger partial charge in [0.2, 0.25) is 0 Å². The van der Waals surface area contributed by atoms with E-state index in [2.05, 4.69) is 27.3 Å². The Kier molecular flexibility index (Phi) is 5.36. The highest BCUT2D eigenvalue weighted by atomic mass is 16.5. The van der Waals surface area contributed by atoms with Crippen molar-refractivity contribution in [2.24, 2.45) is 0 Å². The summed E-state index contributed by atoms with van der Waals surface area (Å²) in [6, 6.07) is 4.37. The summed E-state index contributed by atoms with van der Waals surface area (Å²) in [7, 11) is 3.56. The van der Waals surface area contributed by atoms with Crippen molar-refractivity contribution in [3.05, 3.63) is 30.1 Å². The summed E-state index contributed by atoms with van der Waals surface area (Å²) < 4.78 is 6.18. The van der Waals surface area contributed by atoms with Crippen LogP contribution >= 0.6 is 0 Å². The minimum absolute atomic E-state index is 0.00725. The number of nitrogens with zero attached hydrogens (tertiary/aromatic N) is 3. The lowest BCUT2D eigenvalue weighted by atomic mass is 9.82. The predicted octanol–water partition coefficient (Wildman–Crippen LogP) is 1.87. The molecule has 2 amide bonds. The first-order valence-corrected chi connectivity index (χ1v) is 8.79. The maximum atomic E-state index is 11.9. The molecule has 0 bridgehead atoms. The zero-order chi connectivity index (χ0) is 17.0. The van der Waals surface area contributed by atoms with E-state index in [0.717, 1.165) is 51.9 Å². The number of carbonyl (C=O) groups is 1. The standard InChI is InChI=1S/C18H28N4O2/c1-21(2)17(23)20-16-5-12-24-18(13-16)6-10-22(11-7-18)14-15-3-8-19-9-4-15/h3-4,8-9,16H,5-7,10-14H2,1-2H3,(H,20,23). The molecule has 3 heterocycles. The highest BCUT2D eigenvalue weighted by Crippen LogP contribution is 2.35. The maximum absolute atomic E-state index is 11.9. The van der Waals surface area contributed by atoms with Crippen molar-refractivity contribution in [1.82, 2.24) is 20.1 Å². The van der Waals surface area contributed by atoms with Gasteiger partial charge in [-0.1, -0.05) is 0 Å². The normalized spacial score (nSPS) is 23.8. The van der Waals surface area contributed by atoms with Crippen molar-refractivity contribution in [2.45, 2.75) is 43.9 Å². The Morgan fingerprint density at radius 1 is 1.38 bits per heavy atom. The van der Waals surface area contributed by atoms with Crippen LogP contribution in [0, 0.1) is 0 Å². The summed E-state index contributed by atoms with van der Waals surface area (Å²) in [4.78, 5) is 20.0. The molecule has 2 fully saturated rings. The van der Waals surface area contributed by atoms with Gasteiger partial charge in [0.05, 0.1) is 5.60 Å². The topological polar surface area (TPSA) is 57.7 Å². The number of ether oxygens (including phenoxy) is 1. The highest BCUT2D eigenvalue weighted by molar-refractivity contribution is 5.73. The third-order valence-electron chi connectivity index (χ3n) is 5.15. The van der Waals surface area contributed by atoms with E-state index in [-0.39, 0.29) is 17.7 Å². The zero-order valence-electron chi connectivity index (χ0n) is 14.7. The van der Waals surface area contributed by atoms with E-state index in [9.17, 15) is 4.79 Å². The van der Waals surface area contributed by atoms with Crippen LogP contribution < -0.4 is 5.32 Å². The summed E-state index contributed by atoms with van der Waals surface area (Å²) >= 11 is 0. The Hall–Kier alpha value is -1.66. The predicted molar refractivity (Wildman–Crippen MR) is 92.7 cm³/mol. The van der Waals surface area contributed by atoms with Gasteiger partial charge in [-0.05, 0) is 43.4 Å². The monoisotopic (exact) mass is 332 g/mol. The van der Waals surface area contributed by atoms with Crippen LogP contribution in [0.15, 0.2) is 24.5 Å². The summed E-state index contributed by atoms with van der Waals surface area (Å²) in [6.45, 7) is 3.79. The lowest BCUT2D eigenvalue weighted by Crippen LogP contribution is -2.54. The molecule has 3 rings (SSSR count). The van der Waals surface area contributed by atoms with Crippen LogP contribution in [-0.4, -0.2) is 66.2 Å². The highest BCUT2D eigenvalue weighted by Gasteiger charge is 2.40. The number of rotatable bonds is 3. The molecular weight excluding hydrogens is 304 g/mol. The fraction of sp³-hybridized carbons (Fsp3) is 0.667. The van der Waals surface area contributed by atoms with Crippen LogP contribution in [0.2, 0.25) is 0 Å². The molecule has 1 aromatic rings. The van der Waals surface area contributed by atoms with Crippen molar-refractivity contribution in [1.29, 1.82) is 0 Å². The van der Waals surface area contributed by atoms with Crippen LogP contribution in [0.4, 0.5) is 4.79 Å². The number of pyridine rings is 1. The molecule has 1 atom stereocenters. The number of likely N-dealkylation sites (tertiary alicyclic amines) is 1. The Labute approximate surface area is 144 Å². The quantitative estimate of drug-likeness (QED) is 0.918. The van der Waals surface area contributed by atoms with Gasteiger partial charge in [-0.3, -0.25) is 9.88 Å². The van der Waals surface area contributed by atoms with Crippen molar-refractivity contribution < 1.29 is 9.53 Å². The van der Waals surface area contributed by atoms with E-state index in [4.69, 9.17) is 4.74 Å². The SMILES string of the molecule is CN(C)C(=O)NC1CCOC2(CCN(Cc3ccncc3)CC2)C1. The molecule has 1 N–H and O–H groups in total. The lowest BCUT2D eigenvalue weighted by molar-refractivity contribution is -0.119. The fourth-order valence-corrected chi connectivity index (χ4v) is 3.67. The van der Waals surface area contributed by atoms with Crippen molar-refractivity contribution >= 4 is 6.03 Å². The molecule has 0 aromatic carbocycles. The molecule has 0 radical (unpaired) electrons. The number of urea groups is 1. The number of nitrogens with one attached hydrogen (secondary N) is 1. The summed E-state index contributed by atoms with van der Waals surface area (Å²) in [5.74, 6) is 0. The molecule has 2 aliphatic rings. The number of aromatic nitrogens is 1. The van der Waals surface area contributed by atoms with Gasteiger partial charge in [-0.15, -0.1) is 0 Å². The zero-order valence-corrected chi connectivity index (χ0v) is 14.7. The number of carbonyl (C=O) groups excluding carboxylic acids is 1. The second-order valence-electron chi connectivity index (χ2n) is 7.20. The summed E-state index contributed by atoms with van der Waals surface area (Å²) in [6.07, 6.45) is 7.60. The first-order chi connectivity index (χ1) is 11.6. The average molecular weight is 332 g/mol. The largest absolute Gasteiger partial charge is 0.375 e. The second kappa shape index (κ2) is 7.49. The Balaban J connectivity index is 1.51. The van der Waals surface area contributed by atoms with Crippen LogP contribution in [0.1, 0.15) is 31.2 Å². The smallest absolute Gasteiger partial charge is 0.317 e. The summed E-state index contributed by atoms with van der Waals surface area (Å²) in [5.41, 5.74) is 1.25. The third-order valence-corrected chi connectivity index (χ3v) is 5.15. The fourth-order valence-electron chi connectivity index (χ4n) is 3.67. The van der Waals surface area contributed by atoms with E-state index >= 15 is 0 Å². The van der Waals surface area contributed by atoms with Crippen molar-refractivity contribution in [3.8, 4) is 0 Å². The number of piperidine rings is 1. The molecule has 1 spiro atoms. The van der Waals surface area contributed by atoms with Gasteiger partial charge in [0.25, 0.3) is 0 Å². The van der Waals surface area contributed by atoms with Crippen LogP contribution in [0.3, 0.4) is 0 Å². The first-order valence-electron chi connectivity index (χ1n) is 8.79. The molecule has 0 aliphatic carbocycles. The molecule has 132 valence electrons. The molecule has 0 saturated carbocycles. The molecule has 1 aromatic heterocycles. The van der Waals surface area contributed by atoms with E-state index in [1.807, 2.05) is 12.4 Å². The van der Waals surface area contributed by atoms with Gasteiger partial charge in [-0.25, -0.2) is 4.79 Å². The van der Waals surface area contributed by atoms with Crippen molar-refractivity contribution in [3.63, 3.8) is 0 Å². The number of hydrogen-bond acceptors (Lipinski definition) is 4. The average Bonchev–Trinajstić information content (AvgIpc) is 2.58. The molecular formula is C18H28N4O2.